The fraction of sp³-hybridized carbons (Fsp3) is 0.500. The number of sulfonamides is 1. The Kier molecular flexibility index (Phi) is 13.1. The van der Waals surface area contributed by atoms with E-state index in [-0.39, 0.29) is 87.4 Å². The zero-order valence-electron chi connectivity index (χ0n) is 40.9. The number of nitrogens with zero attached hydrogens (tertiary/aromatic N) is 4. The molecule has 2 aromatic heterocycles. The van der Waals surface area contributed by atoms with Gasteiger partial charge in [-0.25, -0.2) is 30.9 Å². The number of carbonyl (C=O) groups excluding carboxylic acids is 1. The van der Waals surface area contributed by atoms with Crippen LogP contribution in [0.3, 0.4) is 0 Å². The lowest BCUT2D eigenvalue weighted by atomic mass is 9.59. The van der Waals surface area contributed by atoms with Crippen molar-refractivity contribution in [2.24, 2.45) is 11.3 Å². The van der Waals surface area contributed by atoms with Crippen molar-refractivity contribution in [3.8, 4) is 17.2 Å². The monoisotopic (exact) mass is 1030 g/mol. The van der Waals surface area contributed by atoms with Gasteiger partial charge in [0.2, 0.25) is 0 Å². The zero-order chi connectivity index (χ0) is 50.9. The molecule has 3 atom stereocenters. The number of H-pyrrole nitrogens is 1. The quantitative estimate of drug-likeness (QED) is 0.0639. The highest BCUT2D eigenvalue weighted by Gasteiger charge is 2.52. The number of halogens is 1. The van der Waals surface area contributed by atoms with E-state index in [1.807, 2.05) is 0 Å². The average molecular weight is 1030 g/mol. The summed E-state index contributed by atoms with van der Waals surface area (Å²) in [6.45, 7) is 7.66. The van der Waals surface area contributed by atoms with Crippen LogP contribution in [0.4, 0.5) is 21.5 Å². The number of amides is 1. The standard InChI is InChI=1S/C52H62FN7O10S2/c1-31(2)38-7-5-6-8-39(38)44-12-10-34(30-71(4,65)66)59(44)35-25-52(26-35)17-19-58(20-18-52)33-9-11-40(46(21-33)70-36-22-41-42(53)28-55-49(41)54-27-36)50(61)57-72(67,68)37-23-45(60(63)64)48-47(24-37)69-29-43(56-48)32-13-15-51(3,62)16-14-32/h5-9,11,21-24,27-28,31-32,34-35,43-44,56,62H,10,12-20,25-26,29-30H2,1-4H3,(H,54,55)(H,57,61)/t32?,34-,43?,44+,51?/m1/s1. The molecule has 3 aliphatic heterocycles. The first-order chi connectivity index (χ1) is 34.1. The van der Waals surface area contributed by atoms with Crippen LogP contribution in [0.2, 0.25) is 0 Å². The Morgan fingerprint density at radius 2 is 1.76 bits per heavy atom. The van der Waals surface area contributed by atoms with Crippen molar-refractivity contribution in [1.82, 2.24) is 19.6 Å². The number of anilines is 2. The topological polar surface area (TPSA) is 226 Å². The number of hydrogen-bond acceptors (Lipinski definition) is 14. The fourth-order valence-electron chi connectivity index (χ4n) is 12.2. The number of hydrogen-bond donors (Lipinski definition) is 4. The predicted molar refractivity (Wildman–Crippen MR) is 271 cm³/mol. The largest absolute Gasteiger partial charge is 0.489 e. The summed E-state index contributed by atoms with van der Waals surface area (Å²) in [5, 5.41) is 26.2. The number of aromatic amines is 1. The molecule has 4 fully saturated rings. The number of sulfone groups is 1. The Labute approximate surface area is 419 Å². The number of piperidine rings is 1. The summed E-state index contributed by atoms with van der Waals surface area (Å²) in [6.07, 6.45) is 11.8. The molecule has 5 heterocycles. The number of aromatic nitrogens is 2. The molecule has 2 aliphatic carbocycles. The number of fused-ring (bicyclic) bond motifs is 2. The normalized spacial score (nSPS) is 24.6. The van der Waals surface area contributed by atoms with Gasteiger partial charge in [0.15, 0.2) is 11.4 Å². The molecule has 3 aromatic carbocycles. The predicted octanol–water partition coefficient (Wildman–Crippen LogP) is 8.76. The number of ether oxygens (including phenoxy) is 2. The minimum Gasteiger partial charge on any atom is -0.489 e. The molecule has 0 bridgehead atoms. The highest BCUT2D eigenvalue weighted by molar-refractivity contribution is 7.90. The van der Waals surface area contributed by atoms with Crippen LogP contribution in [0, 0.1) is 27.3 Å². The smallest absolute Gasteiger partial charge is 0.297 e. The van der Waals surface area contributed by atoms with E-state index in [4.69, 9.17) is 9.47 Å². The first kappa shape index (κ1) is 49.7. The second kappa shape index (κ2) is 18.9. The van der Waals surface area contributed by atoms with Crippen molar-refractivity contribution in [2.45, 2.75) is 126 Å². The van der Waals surface area contributed by atoms with Crippen molar-refractivity contribution >= 4 is 53.9 Å². The Balaban J connectivity index is 0.874. The molecule has 72 heavy (non-hydrogen) atoms. The molecule has 2 saturated carbocycles. The molecule has 1 unspecified atom stereocenters. The Bertz CT molecular complexity index is 3140. The SMILES string of the molecule is CC(C)c1ccccc1[C@@H]1CC[C@H](CS(C)(=O)=O)N1C1CC2(CCN(c3ccc(C(=O)NS(=O)(=O)c4cc5c(c([N+](=O)[O-])c4)NC(C4CCC(C)(O)CC4)CO5)c(Oc4cnc5[nH]cc(F)c5c4)c3)CC2)C1. The number of nitrogens with one attached hydrogen (secondary N) is 3. The second-order valence-corrected chi connectivity index (χ2v) is 25.4. The molecular formula is C52H62FN7O10S2. The van der Waals surface area contributed by atoms with Crippen LogP contribution in [0.5, 0.6) is 17.2 Å². The summed E-state index contributed by atoms with van der Waals surface area (Å²) < 4.78 is 82.4. The van der Waals surface area contributed by atoms with Crippen molar-refractivity contribution < 1.29 is 45.5 Å². The van der Waals surface area contributed by atoms with Crippen LogP contribution in [-0.2, 0) is 19.9 Å². The van der Waals surface area contributed by atoms with Gasteiger partial charge in [-0.2, -0.15) is 0 Å². The third-order valence-corrected chi connectivity index (χ3v) is 18.4. The molecule has 17 nitrogen and oxygen atoms in total. The first-order valence-electron chi connectivity index (χ1n) is 24.9. The Morgan fingerprint density at radius 3 is 2.47 bits per heavy atom. The van der Waals surface area contributed by atoms with Crippen molar-refractivity contribution in [1.29, 1.82) is 0 Å². The third-order valence-electron chi connectivity index (χ3n) is 16.1. The highest BCUT2D eigenvalue weighted by Crippen LogP contribution is 2.56. The lowest BCUT2D eigenvalue weighted by Crippen LogP contribution is -2.57. The van der Waals surface area contributed by atoms with E-state index in [2.05, 4.69) is 67.9 Å². The molecule has 10 rings (SSSR count). The van der Waals surface area contributed by atoms with Crippen LogP contribution in [0.15, 0.2) is 78.0 Å². The summed E-state index contributed by atoms with van der Waals surface area (Å²) in [4.78, 5) is 37.0. The van der Waals surface area contributed by atoms with E-state index in [9.17, 15) is 41.2 Å². The van der Waals surface area contributed by atoms with Gasteiger partial charge in [0, 0.05) is 67.6 Å². The third kappa shape index (κ3) is 9.98. The zero-order valence-corrected chi connectivity index (χ0v) is 42.5. The Hall–Kier alpha value is -5.83. The van der Waals surface area contributed by atoms with Crippen molar-refractivity contribution in [3.05, 3.63) is 106 Å². The maximum atomic E-state index is 14.7. The van der Waals surface area contributed by atoms with E-state index < -0.39 is 52.7 Å². The van der Waals surface area contributed by atoms with E-state index in [1.165, 1.54) is 35.7 Å². The highest BCUT2D eigenvalue weighted by atomic mass is 32.2. The van der Waals surface area contributed by atoms with Gasteiger partial charge < -0.3 is 29.8 Å². The van der Waals surface area contributed by atoms with Crippen LogP contribution in [0.1, 0.15) is 118 Å². The first-order valence-corrected chi connectivity index (χ1v) is 28.4. The summed E-state index contributed by atoms with van der Waals surface area (Å²) in [5.74, 6) is -1.09. The molecule has 1 spiro atoms. The van der Waals surface area contributed by atoms with Crippen molar-refractivity contribution in [3.63, 3.8) is 0 Å². The van der Waals surface area contributed by atoms with Crippen molar-refractivity contribution in [2.75, 3.05) is 41.9 Å². The number of aliphatic hydroxyl groups is 1. The Morgan fingerprint density at radius 1 is 1.03 bits per heavy atom. The maximum Gasteiger partial charge on any atom is 0.297 e. The van der Waals surface area contributed by atoms with Gasteiger partial charge in [0.1, 0.15) is 39.4 Å². The van der Waals surface area contributed by atoms with E-state index in [0.29, 0.717) is 50.4 Å². The molecule has 384 valence electrons. The lowest BCUT2D eigenvalue weighted by Gasteiger charge is -2.57. The van der Waals surface area contributed by atoms with Crippen LogP contribution >= 0.6 is 0 Å². The number of rotatable bonds is 13. The summed E-state index contributed by atoms with van der Waals surface area (Å²) in [6, 6.07) is 16.9. The molecule has 5 aromatic rings. The molecule has 1 amide bonds. The van der Waals surface area contributed by atoms with E-state index >= 15 is 0 Å². The maximum absolute atomic E-state index is 14.7. The van der Waals surface area contributed by atoms with Gasteiger partial charge in [-0.1, -0.05) is 38.1 Å². The number of nitro groups is 1. The molecule has 4 N–H and O–H groups in total. The molecule has 0 radical (unpaired) electrons. The van der Waals surface area contributed by atoms with E-state index in [1.54, 1.807) is 19.1 Å². The van der Waals surface area contributed by atoms with Gasteiger partial charge in [-0.15, -0.1) is 0 Å². The number of nitro benzene ring substituents is 1. The number of likely N-dealkylation sites (tertiary alicyclic amines) is 1. The molecule has 2 saturated heterocycles. The minimum absolute atomic E-state index is 0.0285. The molecule has 20 heteroatoms. The van der Waals surface area contributed by atoms with Gasteiger partial charge in [0.25, 0.3) is 21.6 Å². The van der Waals surface area contributed by atoms with Gasteiger partial charge in [-0.3, -0.25) is 19.8 Å². The number of carbonyl (C=O) groups is 1. The van der Waals surface area contributed by atoms with Gasteiger partial charge >= 0.3 is 0 Å². The van der Waals surface area contributed by atoms with Gasteiger partial charge in [-0.05, 0) is 118 Å². The van der Waals surface area contributed by atoms with Crippen LogP contribution < -0.4 is 24.4 Å². The van der Waals surface area contributed by atoms with Crippen LogP contribution in [0.25, 0.3) is 11.0 Å². The van der Waals surface area contributed by atoms with Crippen LogP contribution in [-0.4, -0.2) is 103 Å². The lowest BCUT2D eigenvalue weighted by molar-refractivity contribution is -0.384. The number of benzene rings is 3. The summed E-state index contributed by atoms with van der Waals surface area (Å²) in [5.41, 5.74) is 2.20. The summed E-state index contributed by atoms with van der Waals surface area (Å²) in [7, 11) is -7.96. The molecular weight excluding hydrogens is 966 g/mol. The minimum atomic E-state index is -4.75. The summed E-state index contributed by atoms with van der Waals surface area (Å²) >= 11 is 0. The van der Waals surface area contributed by atoms with E-state index in [0.717, 1.165) is 56.9 Å². The van der Waals surface area contributed by atoms with Gasteiger partial charge in [0.05, 0.1) is 44.4 Å². The second-order valence-electron chi connectivity index (χ2n) is 21.5. The fourth-order valence-corrected chi connectivity index (χ4v) is 14.3. The number of pyridine rings is 1. The average Bonchev–Trinajstić information content (AvgIpc) is 3.91. The molecule has 5 aliphatic rings.